The third-order valence-corrected chi connectivity index (χ3v) is 3.19. The second kappa shape index (κ2) is 4.28. The van der Waals surface area contributed by atoms with Gasteiger partial charge in [-0.3, -0.25) is 19.6 Å². The summed E-state index contributed by atoms with van der Waals surface area (Å²) in [6.07, 6.45) is 3.54. The SMILES string of the molecule is Cn1cc([N+](=O)[O-])c(NC2(CC(=O)O)CCC2)n1. The highest BCUT2D eigenvalue weighted by atomic mass is 16.6. The Hall–Kier alpha value is -2.12. The van der Waals surface area contributed by atoms with Gasteiger partial charge in [0.15, 0.2) is 0 Å². The Morgan fingerprint density at radius 2 is 2.39 bits per heavy atom. The minimum absolute atomic E-state index is 0.0548. The highest BCUT2D eigenvalue weighted by Crippen LogP contribution is 2.39. The molecule has 2 rings (SSSR count). The predicted octanol–water partition coefficient (Wildman–Crippen LogP) is 1.14. The van der Waals surface area contributed by atoms with E-state index in [1.807, 2.05) is 0 Å². The van der Waals surface area contributed by atoms with Crippen LogP contribution in [0.2, 0.25) is 0 Å². The molecule has 1 aromatic rings. The first-order valence-corrected chi connectivity index (χ1v) is 5.60. The maximum absolute atomic E-state index is 10.8. The molecule has 1 aromatic heterocycles. The molecule has 0 atom stereocenters. The maximum Gasteiger partial charge on any atom is 0.330 e. The molecule has 0 aromatic carbocycles. The first-order valence-electron chi connectivity index (χ1n) is 5.60. The van der Waals surface area contributed by atoms with Crippen LogP contribution in [0, 0.1) is 10.1 Å². The second-order valence-corrected chi connectivity index (χ2v) is 4.62. The molecule has 1 aliphatic carbocycles. The summed E-state index contributed by atoms with van der Waals surface area (Å²) in [5.74, 6) is -0.774. The Kier molecular flexibility index (Phi) is 2.93. The molecule has 0 spiro atoms. The molecule has 0 radical (unpaired) electrons. The molecule has 18 heavy (non-hydrogen) atoms. The van der Waals surface area contributed by atoms with Gasteiger partial charge in [0.1, 0.15) is 6.20 Å². The van der Waals surface area contributed by atoms with Crippen molar-refractivity contribution in [2.45, 2.75) is 31.2 Å². The number of carboxylic acid groups (broad SMARTS) is 1. The minimum atomic E-state index is -0.916. The first kappa shape index (κ1) is 12.3. The smallest absolute Gasteiger partial charge is 0.330 e. The van der Waals surface area contributed by atoms with Crippen LogP contribution in [-0.4, -0.2) is 31.3 Å². The van der Waals surface area contributed by atoms with E-state index in [9.17, 15) is 14.9 Å². The Labute approximate surface area is 103 Å². The fourth-order valence-electron chi connectivity index (χ4n) is 2.19. The lowest BCUT2D eigenvalue weighted by molar-refractivity contribution is -0.384. The van der Waals surface area contributed by atoms with Crippen molar-refractivity contribution in [1.29, 1.82) is 0 Å². The highest BCUT2D eigenvalue weighted by molar-refractivity contribution is 5.70. The fourth-order valence-corrected chi connectivity index (χ4v) is 2.19. The normalized spacial score (nSPS) is 16.9. The fraction of sp³-hybridized carbons (Fsp3) is 0.600. The van der Waals surface area contributed by atoms with E-state index in [2.05, 4.69) is 10.4 Å². The van der Waals surface area contributed by atoms with Crippen LogP contribution in [0.5, 0.6) is 0 Å². The second-order valence-electron chi connectivity index (χ2n) is 4.62. The van der Waals surface area contributed by atoms with Crippen molar-refractivity contribution in [2.24, 2.45) is 7.05 Å². The van der Waals surface area contributed by atoms with Crippen LogP contribution >= 0.6 is 0 Å². The van der Waals surface area contributed by atoms with Gasteiger partial charge in [-0.1, -0.05) is 0 Å². The Morgan fingerprint density at radius 1 is 1.72 bits per heavy atom. The molecule has 1 saturated carbocycles. The molecular weight excluding hydrogens is 240 g/mol. The average Bonchev–Trinajstić information content (AvgIpc) is 2.55. The van der Waals surface area contributed by atoms with Crippen LogP contribution in [-0.2, 0) is 11.8 Å². The number of carboxylic acids is 1. The van der Waals surface area contributed by atoms with Crippen LogP contribution in [0.3, 0.4) is 0 Å². The van der Waals surface area contributed by atoms with E-state index in [-0.39, 0.29) is 17.9 Å². The van der Waals surface area contributed by atoms with Crippen molar-refractivity contribution in [3.8, 4) is 0 Å². The summed E-state index contributed by atoms with van der Waals surface area (Å²) in [6.45, 7) is 0. The van der Waals surface area contributed by atoms with Gasteiger partial charge in [-0.2, -0.15) is 0 Å². The summed E-state index contributed by atoms with van der Waals surface area (Å²) < 4.78 is 1.34. The molecular formula is C10H14N4O4. The molecule has 8 heteroatoms. The lowest BCUT2D eigenvalue weighted by atomic mass is 9.74. The van der Waals surface area contributed by atoms with E-state index in [0.29, 0.717) is 12.8 Å². The summed E-state index contributed by atoms with van der Waals surface area (Å²) in [6, 6.07) is 0. The van der Waals surface area contributed by atoms with Crippen LogP contribution in [0.1, 0.15) is 25.7 Å². The van der Waals surface area contributed by atoms with Gasteiger partial charge in [-0.05, 0) is 19.3 Å². The summed E-state index contributed by atoms with van der Waals surface area (Å²) in [5, 5.41) is 26.6. The van der Waals surface area contributed by atoms with Crippen molar-refractivity contribution < 1.29 is 14.8 Å². The maximum atomic E-state index is 10.8. The molecule has 1 fully saturated rings. The monoisotopic (exact) mass is 254 g/mol. The zero-order chi connectivity index (χ0) is 13.3. The van der Waals surface area contributed by atoms with Crippen LogP contribution in [0.4, 0.5) is 11.5 Å². The standard InChI is InChI=1S/C10H14N4O4/c1-13-6-7(14(17)18)9(12-13)11-10(3-2-4-10)5-8(15)16/h6H,2-5H2,1H3,(H,11,12)(H,15,16). The van der Waals surface area contributed by atoms with Crippen molar-refractivity contribution in [2.75, 3.05) is 5.32 Å². The Balaban J connectivity index is 2.22. The quantitative estimate of drug-likeness (QED) is 0.602. The van der Waals surface area contributed by atoms with Crippen molar-refractivity contribution >= 4 is 17.5 Å². The predicted molar refractivity (Wildman–Crippen MR) is 62.3 cm³/mol. The summed E-state index contributed by atoms with van der Waals surface area (Å²) in [7, 11) is 1.59. The minimum Gasteiger partial charge on any atom is -0.481 e. The summed E-state index contributed by atoms with van der Waals surface area (Å²) >= 11 is 0. The van der Waals surface area contributed by atoms with Crippen LogP contribution in [0.15, 0.2) is 6.20 Å². The van der Waals surface area contributed by atoms with Gasteiger partial charge in [0.25, 0.3) is 0 Å². The Morgan fingerprint density at radius 3 is 2.83 bits per heavy atom. The van der Waals surface area contributed by atoms with E-state index in [1.165, 1.54) is 10.9 Å². The van der Waals surface area contributed by atoms with Crippen molar-refractivity contribution in [1.82, 2.24) is 9.78 Å². The van der Waals surface area contributed by atoms with Gasteiger partial charge >= 0.3 is 11.7 Å². The molecule has 2 N–H and O–H groups in total. The van der Waals surface area contributed by atoms with Gasteiger partial charge < -0.3 is 10.4 Å². The van der Waals surface area contributed by atoms with E-state index < -0.39 is 16.4 Å². The van der Waals surface area contributed by atoms with Gasteiger partial charge in [-0.25, -0.2) is 0 Å². The number of aliphatic carboxylic acids is 1. The first-order chi connectivity index (χ1) is 8.42. The molecule has 0 bridgehead atoms. The lowest BCUT2D eigenvalue weighted by Gasteiger charge is -2.41. The van der Waals surface area contributed by atoms with E-state index in [4.69, 9.17) is 5.11 Å². The van der Waals surface area contributed by atoms with Crippen LogP contribution in [0.25, 0.3) is 0 Å². The number of hydrogen-bond acceptors (Lipinski definition) is 5. The zero-order valence-corrected chi connectivity index (χ0v) is 9.92. The number of anilines is 1. The summed E-state index contributed by atoms with van der Waals surface area (Å²) in [5.41, 5.74) is -0.723. The van der Waals surface area contributed by atoms with Gasteiger partial charge in [0, 0.05) is 12.6 Å². The average molecular weight is 254 g/mol. The number of rotatable bonds is 5. The number of aromatic nitrogens is 2. The molecule has 8 nitrogen and oxygen atoms in total. The number of carbonyl (C=O) groups is 1. The molecule has 0 amide bonds. The van der Waals surface area contributed by atoms with Gasteiger partial charge in [-0.15, -0.1) is 5.10 Å². The molecule has 0 saturated heterocycles. The Bertz CT molecular complexity index is 492. The van der Waals surface area contributed by atoms with Gasteiger partial charge in [0.05, 0.1) is 11.3 Å². The third-order valence-electron chi connectivity index (χ3n) is 3.19. The molecule has 98 valence electrons. The zero-order valence-electron chi connectivity index (χ0n) is 9.92. The number of nitro groups is 1. The molecule has 1 heterocycles. The topological polar surface area (TPSA) is 110 Å². The van der Waals surface area contributed by atoms with Crippen molar-refractivity contribution in [3.63, 3.8) is 0 Å². The summed E-state index contributed by atoms with van der Waals surface area (Å²) in [4.78, 5) is 21.1. The number of nitrogens with zero attached hydrogens (tertiary/aromatic N) is 3. The van der Waals surface area contributed by atoms with Crippen molar-refractivity contribution in [3.05, 3.63) is 16.3 Å². The van der Waals surface area contributed by atoms with Gasteiger partial charge in [0.2, 0.25) is 5.82 Å². The van der Waals surface area contributed by atoms with E-state index >= 15 is 0 Å². The molecule has 1 aliphatic rings. The molecule has 0 unspecified atom stereocenters. The number of hydrogen-bond donors (Lipinski definition) is 2. The van der Waals surface area contributed by atoms with E-state index in [0.717, 1.165) is 6.42 Å². The third kappa shape index (κ3) is 2.27. The number of nitrogens with one attached hydrogen (secondary N) is 1. The van der Waals surface area contributed by atoms with E-state index in [1.54, 1.807) is 7.05 Å². The largest absolute Gasteiger partial charge is 0.481 e. The number of aryl methyl sites for hydroxylation is 1. The van der Waals surface area contributed by atoms with Crippen LogP contribution < -0.4 is 5.32 Å². The highest BCUT2D eigenvalue weighted by Gasteiger charge is 2.41. The lowest BCUT2D eigenvalue weighted by Crippen LogP contribution is -2.47. The molecule has 0 aliphatic heterocycles.